The molecule has 1 aliphatic heterocycles. The normalized spacial score (nSPS) is 21.8. The number of rotatable bonds is 2. The highest BCUT2D eigenvalue weighted by molar-refractivity contribution is 5.81. The molecule has 0 aliphatic carbocycles. The molecule has 1 amide bonds. The molecule has 126 valence electrons. The number of amides is 1. The molecule has 1 aliphatic rings. The molecule has 1 N–H and O–H groups in total. The van der Waals surface area contributed by atoms with Crippen molar-refractivity contribution in [2.24, 2.45) is 0 Å². The molecule has 6 heteroatoms. The Morgan fingerprint density at radius 3 is 2.52 bits per heavy atom. The number of benzene rings is 1. The first-order chi connectivity index (χ1) is 10.7. The number of carboxylic acids is 1. The van der Waals surface area contributed by atoms with Crippen LogP contribution < -0.4 is 0 Å². The van der Waals surface area contributed by atoms with E-state index < -0.39 is 35.4 Å². The number of likely N-dealkylation sites (tertiary alicyclic amines) is 1. The van der Waals surface area contributed by atoms with Gasteiger partial charge in [0.1, 0.15) is 17.5 Å². The molecule has 0 bridgehead atoms. The molecule has 2 unspecified atom stereocenters. The highest BCUT2D eigenvalue weighted by atomic mass is 19.1. The number of hydrogen-bond donors (Lipinski definition) is 1. The fourth-order valence-corrected chi connectivity index (χ4v) is 2.93. The summed E-state index contributed by atoms with van der Waals surface area (Å²) in [5, 5.41) is 9.61. The van der Waals surface area contributed by atoms with Gasteiger partial charge >= 0.3 is 12.1 Å². The second-order valence-corrected chi connectivity index (χ2v) is 6.73. The van der Waals surface area contributed by atoms with Crippen molar-refractivity contribution in [1.29, 1.82) is 0 Å². The van der Waals surface area contributed by atoms with Crippen molar-refractivity contribution in [2.45, 2.75) is 51.2 Å². The third-order valence-corrected chi connectivity index (χ3v) is 3.82. The number of ether oxygens (including phenoxy) is 1. The standard InChI is InChI=1S/C17H22FNO4/c1-17(2,3)23-16(22)19-10-6-8-12(14(19)15(20)21)11-7-4-5-9-13(11)18/h4-5,7,9,12,14H,6,8,10H2,1-3H3,(H,20,21). The van der Waals surface area contributed by atoms with E-state index in [1.807, 2.05) is 0 Å². The molecule has 0 saturated carbocycles. The topological polar surface area (TPSA) is 66.8 Å². The van der Waals surface area contributed by atoms with E-state index in [1.54, 1.807) is 39.0 Å². The van der Waals surface area contributed by atoms with Crippen LogP contribution in [-0.2, 0) is 9.53 Å². The molecule has 1 aromatic carbocycles. The fourth-order valence-electron chi connectivity index (χ4n) is 2.93. The average molecular weight is 323 g/mol. The zero-order valence-corrected chi connectivity index (χ0v) is 13.6. The minimum atomic E-state index is -1.15. The van der Waals surface area contributed by atoms with Gasteiger partial charge < -0.3 is 9.84 Å². The van der Waals surface area contributed by atoms with Gasteiger partial charge in [0, 0.05) is 12.5 Å². The Balaban J connectivity index is 2.33. The number of carboxylic acid groups (broad SMARTS) is 1. The van der Waals surface area contributed by atoms with Crippen molar-refractivity contribution in [3.63, 3.8) is 0 Å². The van der Waals surface area contributed by atoms with Gasteiger partial charge in [0.05, 0.1) is 0 Å². The number of nitrogens with zero attached hydrogens (tertiary/aromatic N) is 1. The molecular weight excluding hydrogens is 301 g/mol. The Labute approximate surface area is 135 Å². The Bertz CT molecular complexity index is 597. The van der Waals surface area contributed by atoms with Crippen LogP contribution in [0.2, 0.25) is 0 Å². The maximum Gasteiger partial charge on any atom is 0.411 e. The molecule has 0 spiro atoms. The SMILES string of the molecule is CC(C)(C)OC(=O)N1CCCC(c2ccccc2F)C1C(=O)O. The van der Waals surface area contributed by atoms with E-state index in [4.69, 9.17) is 4.74 Å². The maximum absolute atomic E-state index is 14.1. The number of carbonyl (C=O) groups excluding carboxylic acids is 1. The summed E-state index contributed by atoms with van der Waals surface area (Å²) in [6, 6.07) is 4.98. The summed E-state index contributed by atoms with van der Waals surface area (Å²) >= 11 is 0. The number of piperidine rings is 1. The van der Waals surface area contributed by atoms with Crippen molar-refractivity contribution in [1.82, 2.24) is 4.90 Å². The van der Waals surface area contributed by atoms with Gasteiger partial charge in [-0.25, -0.2) is 14.0 Å². The molecule has 1 heterocycles. The van der Waals surface area contributed by atoms with Crippen LogP contribution in [0.4, 0.5) is 9.18 Å². The van der Waals surface area contributed by atoms with Crippen LogP contribution in [0.1, 0.15) is 45.1 Å². The minimum absolute atomic E-state index is 0.289. The second-order valence-electron chi connectivity index (χ2n) is 6.73. The van der Waals surface area contributed by atoms with Crippen LogP contribution in [-0.4, -0.2) is 40.3 Å². The Morgan fingerprint density at radius 1 is 1.30 bits per heavy atom. The summed E-state index contributed by atoms with van der Waals surface area (Å²) in [4.78, 5) is 25.3. The van der Waals surface area contributed by atoms with Gasteiger partial charge in [-0.1, -0.05) is 18.2 Å². The smallest absolute Gasteiger partial charge is 0.411 e. The van der Waals surface area contributed by atoms with Crippen LogP contribution >= 0.6 is 0 Å². The Kier molecular flexibility index (Phi) is 4.92. The molecule has 0 radical (unpaired) electrons. The van der Waals surface area contributed by atoms with E-state index in [0.717, 1.165) is 0 Å². The largest absolute Gasteiger partial charge is 0.480 e. The van der Waals surface area contributed by atoms with E-state index in [2.05, 4.69) is 0 Å². The van der Waals surface area contributed by atoms with Gasteiger partial charge in [-0.15, -0.1) is 0 Å². The highest BCUT2D eigenvalue weighted by Gasteiger charge is 2.42. The average Bonchev–Trinajstić information content (AvgIpc) is 2.45. The number of aliphatic carboxylic acids is 1. The quantitative estimate of drug-likeness (QED) is 0.906. The maximum atomic E-state index is 14.1. The molecule has 0 aromatic heterocycles. The van der Waals surface area contributed by atoms with Crippen molar-refractivity contribution in [3.05, 3.63) is 35.6 Å². The zero-order chi connectivity index (χ0) is 17.2. The van der Waals surface area contributed by atoms with Gasteiger partial charge in [0.2, 0.25) is 0 Å². The lowest BCUT2D eigenvalue weighted by atomic mass is 9.83. The first-order valence-electron chi connectivity index (χ1n) is 7.67. The van der Waals surface area contributed by atoms with Gasteiger partial charge in [0.25, 0.3) is 0 Å². The molecule has 2 atom stereocenters. The van der Waals surface area contributed by atoms with Crippen molar-refractivity contribution >= 4 is 12.1 Å². The Hall–Kier alpha value is -2.11. The number of carbonyl (C=O) groups is 2. The van der Waals surface area contributed by atoms with Gasteiger partial charge in [0.15, 0.2) is 0 Å². The summed E-state index contributed by atoms with van der Waals surface area (Å²) in [6.45, 7) is 5.45. The third-order valence-electron chi connectivity index (χ3n) is 3.82. The van der Waals surface area contributed by atoms with Crippen molar-refractivity contribution in [3.8, 4) is 0 Å². The lowest BCUT2D eigenvalue weighted by Crippen LogP contribution is -2.53. The van der Waals surface area contributed by atoms with E-state index in [0.29, 0.717) is 18.4 Å². The van der Waals surface area contributed by atoms with E-state index in [1.165, 1.54) is 11.0 Å². The van der Waals surface area contributed by atoms with Crippen LogP contribution in [0.3, 0.4) is 0 Å². The summed E-state index contributed by atoms with van der Waals surface area (Å²) in [5.74, 6) is -2.19. The van der Waals surface area contributed by atoms with E-state index in [-0.39, 0.29) is 6.54 Å². The first kappa shape index (κ1) is 17.2. The van der Waals surface area contributed by atoms with Crippen LogP contribution in [0.25, 0.3) is 0 Å². The van der Waals surface area contributed by atoms with Crippen LogP contribution in [0.15, 0.2) is 24.3 Å². The predicted molar refractivity (Wildman–Crippen MR) is 82.7 cm³/mol. The summed E-state index contributed by atoms with van der Waals surface area (Å²) in [6.07, 6.45) is 0.435. The number of halogens is 1. The lowest BCUT2D eigenvalue weighted by molar-refractivity contribution is -0.145. The molecule has 5 nitrogen and oxygen atoms in total. The van der Waals surface area contributed by atoms with Gasteiger partial charge in [-0.2, -0.15) is 0 Å². The molecule has 23 heavy (non-hydrogen) atoms. The molecular formula is C17H22FNO4. The molecule has 2 rings (SSSR count). The van der Waals surface area contributed by atoms with Gasteiger partial charge in [-0.05, 0) is 45.2 Å². The molecule has 1 saturated heterocycles. The van der Waals surface area contributed by atoms with Crippen molar-refractivity contribution < 1.29 is 23.8 Å². The third kappa shape index (κ3) is 4.00. The molecule has 1 fully saturated rings. The summed E-state index contributed by atoms with van der Waals surface area (Å²) < 4.78 is 19.4. The van der Waals surface area contributed by atoms with Gasteiger partial charge in [-0.3, -0.25) is 4.90 Å². The van der Waals surface area contributed by atoms with Crippen molar-refractivity contribution in [2.75, 3.05) is 6.54 Å². The monoisotopic (exact) mass is 323 g/mol. The Morgan fingerprint density at radius 2 is 1.96 bits per heavy atom. The second kappa shape index (κ2) is 6.56. The van der Waals surface area contributed by atoms with Crippen LogP contribution in [0.5, 0.6) is 0 Å². The van der Waals surface area contributed by atoms with E-state index in [9.17, 15) is 19.1 Å². The summed E-state index contributed by atoms with van der Waals surface area (Å²) in [5.41, 5.74) is -0.390. The first-order valence-corrected chi connectivity index (χ1v) is 7.67. The zero-order valence-electron chi connectivity index (χ0n) is 13.6. The predicted octanol–water partition coefficient (Wildman–Crippen LogP) is 3.39. The van der Waals surface area contributed by atoms with Crippen LogP contribution in [0, 0.1) is 5.82 Å². The van der Waals surface area contributed by atoms with E-state index >= 15 is 0 Å². The fraction of sp³-hybridized carbons (Fsp3) is 0.529. The highest BCUT2D eigenvalue weighted by Crippen LogP contribution is 2.35. The molecule has 1 aromatic rings. The number of hydrogen-bond acceptors (Lipinski definition) is 3. The minimum Gasteiger partial charge on any atom is -0.480 e. The lowest BCUT2D eigenvalue weighted by Gasteiger charge is -2.39. The summed E-state index contributed by atoms with van der Waals surface area (Å²) in [7, 11) is 0.